The zero-order valence-electron chi connectivity index (χ0n) is 8.57. The maximum Gasteiger partial charge on any atom is 0.228 e. The van der Waals surface area contributed by atoms with Gasteiger partial charge in [-0.2, -0.15) is 11.8 Å². The summed E-state index contributed by atoms with van der Waals surface area (Å²) in [6, 6.07) is 4.53. The Morgan fingerprint density at radius 3 is 3.00 bits per heavy atom. The molecular formula is C11H12ClNO2S. The summed E-state index contributed by atoms with van der Waals surface area (Å²) in [6.07, 6.45) is 0.923. The van der Waals surface area contributed by atoms with Gasteiger partial charge in [-0.15, -0.1) is 0 Å². The van der Waals surface area contributed by atoms with Crippen LogP contribution in [-0.2, 0) is 4.79 Å². The fraction of sp³-hybridized carbons (Fsp3) is 0.364. The lowest BCUT2D eigenvalue weighted by molar-refractivity contribution is -0.119. The number of benzene rings is 1. The lowest BCUT2D eigenvalue weighted by atomic mass is 10.1. The van der Waals surface area contributed by atoms with Crippen LogP contribution in [0.4, 0.5) is 5.69 Å². The van der Waals surface area contributed by atoms with Crippen molar-refractivity contribution in [1.82, 2.24) is 0 Å². The minimum atomic E-state index is 0.0117. The van der Waals surface area contributed by atoms with Crippen LogP contribution in [0.15, 0.2) is 18.2 Å². The lowest BCUT2D eigenvalue weighted by Gasteiger charge is -2.11. The Hall–Kier alpha value is -0.870. The van der Waals surface area contributed by atoms with Crippen molar-refractivity contribution in [2.24, 2.45) is 5.92 Å². The summed E-state index contributed by atoms with van der Waals surface area (Å²) >= 11 is 7.69. The normalized spacial score (nSPS) is 19.7. The predicted molar refractivity (Wildman–Crippen MR) is 67.2 cm³/mol. The van der Waals surface area contributed by atoms with Crippen LogP contribution in [0.1, 0.15) is 6.42 Å². The fourth-order valence-corrected chi connectivity index (χ4v) is 3.02. The van der Waals surface area contributed by atoms with E-state index >= 15 is 0 Å². The number of thioether (sulfide) groups is 1. The number of carbonyl (C=O) groups is 1. The molecular weight excluding hydrogens is 246 g/mol. The van der Waals surface area contributed by atoms with E-state index in [0.29, 0.717) is 10.7 Å². The van der Waals surface area contributed by atoms with Crippen molar-refractivity contribution in [3.05, 3.63) is 23.2 Å². The van der Waals surface area contributed by atoms with Gasteiger partial charge in [-0.1, -0.05) is 11.6 Å². The quantitative estimate of drug-likeness (QED) is 0.801. The zero-order valence-corrected chi connectivity index (χ0v) is 10.1. The predicted octanol–water partition coefficient (Wildman–Crippen LogP) is 2.74. The fourth-order valence-electron chi connectivity index (χ4n) is 1.58. The summed E-state index contributed by atoms with van der Waals surface area (Å²) < 4.78 is 0. The second-order valence-electron chi connectivity index (χ2n) is 3.71. The van der Waals surface area contributed by atoms with E-state index < -0.39 is 0 Å². The van der Waals surface area contributed by atoms with Crippen LogP contribution in [0.3, 0.4) is 0 Å². The van der Waals surface area contributed by atoms with Crippen LogP contribution >= 0.6 is 23.4 Å². The number of hydrogen-bond donors (Lipinski definition) is 2. The van der Waals surface area contributed by atoms with E-state index in [9.17, 15) is 9.90 Å². The van der Waals surface area contributed by atoms with Crippen molar-refractivity contribution < 1.29 is 9.90 Å². The molecule has 1 fully saturated rings. The summed E-state index contributed by atoms with van der Waals surface area (Å²) in [6.45, 7) is 0. The average molecular weight is 258 g/mol. The van der Waals surface area contributed by atoms with Gasteiger partial charge in [0.15, 0.2) is 0 Å². The minimum absolute atomic E-state index is 0.0117. The molecule has 0 radical (unpaired) electrons. The van der Waals surface area contributed by atoms with Crippen molar-refractivity contribution in [2.45, 2.75) is 6.42 Å². The molecule has 0 bridgehead atoms. The number of hydrogen-bond acceptors (Lipinski definition) is 3. The molecule has 1 unspecified atom stereocenters. The monoisotopic (exact) mass is 257 g/mol. The van der Waals surface area contributed by atoms with Crippen molar-refractivity contribution in [3.8, 4) is 5.75 Å². The minimum Gasteiger partial charge on any atom is -0.508 e. The van der Waals surface area contributed by atoms with Crippen LogP contribution in [0.2, 0.25) is 5.02 Å². The van der Waals surface area contributed by atoms with Crippen molar-refractivity contribution >= 4 is 35.0 Å². The van der Waals surface area contributed by atoms with Gasteiger partial charge < -0.3 is 10.4 Å². The smallest absolute Gasteiger partial charge is 0.228 e. The molecule has 0 aromatic heterocycles. The first-order valence-electron chi connectivity index (χ1n) is 5.04. The highest BCUT2D eigenvalue weighted by Crippen LogP contribution is 2.28. The maximum atomic E-state index is 11.8. The number of aromatic hydroxyl groups is 1. The molecule has 1 aromatic carbocycles. The third-order valence-electron chi connectivity index (χ3n) is 2.51. The van der Waals surface area contributed by atoms with Gasteiger partial charge in [-0.05, 0) is 24.3 Å². The number of rotatable bonds is 2. The van der Waals surface area contributed by atoms with Gasteiger partial charge in [0, 0.05) is 17.7 Å². The Balaban J connectivity index is 2.05. The molecule has 3 nitrogen and oxygen atoms in total. The molecule has 2 rings (SSSR count). The number of halogens is 1. The Kier molecular flexibility index (Phi) is 3.61. The first-order valence-corrected chi connectivity index (χ1v) is 6.57. The van der Waals surface area contributed by atoms with E-state index in [2.05, 4.69) is 5.32 Å². The molecule has 16 heavy (non-hydrogen) atoms. The van der Waals surface area contributed by atoms with E-state index in [-0.39, 0.29) is 17.6 Å². The Bertz CT molecular complexity index is 405. The number of anilines is 1. The van der Waals surface area contributed by atoms with Gasteiger partial charge in [0.1, 0.15) is 5.75 Å². The van der Waals surface area contributed by atoms with Crippen LogP contribution in [0.5, 0.6) is 5.75 Å². The van der Waals surface area contributed by atoms with Crippen LogP contribution < -0.4 is 5.32 Å². The SMILES string of the molecule is O=C(Nc1ccc(O)cc1Cl)C1CCSC1. The molecule has 1 amide bonds. The van der Waals surface area contributed by atoms with Gasteiger partial charge in [-0.3, -0.25) is 4.79 Å². The molecule has 2 N–H and O–H groups in total. The van der Waals surface area contributed by atoms with Gasteiger partial charge in [0.25, 0.3) is 0 Å². The third kappa shape index (κ3) is 2.62. The number of phenolic OH excluding ortho intramolecular Hbond substituents is 1. The molecule has 1 saturated heterocycles. The maximum absolute atomic E-state index is 11.8. The van der Waals surface area contributed by atoms with E-state index in [1.807, 2.05) is 0 Å². The van der Waals surface area contributed by atoms with E-state index in [1.54, 1.807) is 17.8 Å². The van der Waals surface area contributed by atoms with Gasteiger partial charge >= 0.3 is 0 Å². The molecule has 5 heteroatoms. The first kappa shape index (κ1) is 11.6. The molecule has 1 aliphatic rings. The lowest BCUT2D eigenvalue weighted by Crippen LogP contribution is -2.22. The van der Waals surface area contributed by atoms with Gasteiger partial charge in [0.2, 0.25) is 5.91 Å². The molecule has 1 aliphatic heterocycles. The molecule has 1 heterocycles. The molecule has 0 spiro atoms. The first-order chi connectivity index (χ1) is 7.66. The van der Waals surface area contributed by atoms with Crippen molar-refractivity contribution in [3.63, 3.8) is 0 Å². The summed E-state index contributed by atoms with van der Waals surface area (Å²) in [5.74, 6) is 2.11. The average Bonchev–Trinajstić information content (AvgIpc) is 2.75. The molecule has 86 valence electrons. The zero-order chi connectivity index (χ0) is 11.5. The molecule has 0 saturated carbocycles. The van der Waals surface area contributed by atoms with Crippen LogP contribution in [0, 0.1) is 5.92 Å². The summed E-state index contributed by atoms with van der Waals surface area (Å²) in [5, 5.41) is 12.3. The van der Waals surface area contributed by atoms with E-state index in [4.69, 9.17) is 11.6 Å². The topological polar surface area (TPSA) is 49.3 Å². The highest BCUT2D eigenvalue weighted by molar-refractivity contribution is 7.99. The summed E-state index contributed by atoms with van der Waals surface area (Å²) in [5.41, 5.74) is 0.557. The number of phenols is 1. The van der Waals surface area contributed by atoms with Crippen LogP contribution in [-0.4, -0.2) is 22.5 Å². The second-order valence-corrected chi connectivity index (χ2v) is 5.27. The highest BCUT2D eigenvalue weighted by Gasteiger charge is 2.23. The Labute approximate surface area is 103 Å². The van der Waals surface area contributed by atoms with Gasteiger partial charge in [-0.25, -0.2) is 0 Å². The second kappa shape index (κ2) is 4.97. The number of carbonyl (C=O) groups excluding carboxylic acids is 1. The molecule has 1 atom stereocenters. The van der Waals surface area contributed by atoms with E-state index in [0.717, 1.165) is 17.9 Å². The van der Waals surface area contributed by atoms with Crippen molar-refractivity contribution in [2.75, 3.05) is 16.8 Å². The summed E-state index contributed by atoms with van der Waals surface area (Å²) in [4.78, 5) is 11.8. The molecule has 0 aliphatic carbocycles. The summed E-state index contributed by atoms with van der Waals surface area (Å²) in [7, 11) is 0. The molecule has 1 aromatic rings. The number of nitrogens with one attached hydrogen (secondary N) is 1. The van der Waals surface area contributed by atoms with Gasteiger partial charge in [0.05, 0.1) is 10.7 Å². The van der Waals surface area contributed by atoms with Crippen LogP contribution in [0.25, 0.3) is 0 Å². The van der Waals surface area contributed by atoms with E-state index in [1.165, 1.54) is 12.1 Å². The third-order valence-corrected chi connectivity index (χ3v) is 3.99. The Morgan fingerprint density at radius 2 is 2.38 bits per heavy atom. The Morgan fingerprint density at radius 1 is 1.56 bits per heavy atom. The highest BCUT2D eigenvalue weighted by atomic mass is 35.5. The van der Waals surface area contributed by atoms with Crippen molar-refractivity contribution in [1.29, 1.82) is 0 Å². The standard InChI is InChI=1S/C11H12ClNO2S/c12-9-5-8(14)1-2-10(9)13-11(15)7-3-4-16-6-7/h1-2,5,7,14H,3-4,6H2,(H,13,15). The number of amides is 1. The largest absolute Gasteiger partial charge is 0.508 e.